The number of carbonyl (C=O) groups is 1. The lowest BCUT2D eigenvalue weighted by Crippen LogP contribution is -2.40. The zero-order valence-corrected chi connectivity index (χ0v) is 18.0. The molecule has 0 fully saturated rings. The second-order valence-electron chi connectivity index (χ2n) is 6.95. The summed E-state index contributed by atoms with van der Waals surface area (Å²) >= 11 is 0. The van der Waals surface area contributed by atoms with Gasteiger partial charge in [-0.05, 0) is 36.7 Å². The molecular formula is C21H31Cl2N3O. The van der Waals surface area contributed by atoms with E-state index in [0.717, 1.165) is 11.1 Å². The second-order valence-corrected chi connectivity index (χ2v) is 6.95. The van der Waals surface area contributed by atoms with Gasteiger partial charge in [-0.2, -0.15) is 0 Å². The van der Waals surface area contributed by atoms with Gasteiger partial charge >= 0.3 is 0 Å². The first-order valence-electron chi connectivity index (χ1n) is 8.74. The van der Waals surface area contributed by atoms with Crippen molar-refractivity contribution < 1.29 is 4.79 Å². The average Bonchev–Trinajstić information content (AvgIpc) is 2.60. The second kappa shape index (κ2) is 12.0. The van der Waals surface area contributed by atoms with Crippen LogP contribution < -0.4 is 11.1 Å². The Hall–Kier alpha value is -1.59. The topological polar surface area (TPSA) is 58.4 Å². The number of rotatable bonds is 7. The van der Waals surface area contributed by atoms with E-state index in [4.69, 9.17) is 5.73 Å². The Kier molecular flexibility index (Phi) is 11.3. The minimum absolute atomic E-state index is 0. The summed E-state index contributed by atoms with van der Waals surface area (Å²) in [4.78, 5) is 14.6. The molecule has 0 heterocycles. The van der Waals surface area contributed by atoms with E-state index in [-0.39, 0.29) is 42.8 Å². The van der Waals surface area contributed by atoms with Crippen LogP contribution in [0.15, 0.2) is 54.6 Å². The van der Waals surface area contributed by atoms with Crippen LogP contribution in [0, 0.1) is 0 Å². The SMILES string of the molecule is CC(C)c1ccc(C(N)CNC(=O)C(c2ccccc2)N(C)C)cc1.Cl.Cl. The van der Waals surface area contributed by atoms with Crippen LogP contribution in [0.4, 0.5) is 0 Å². The molecule has 0 aliphatic rings. The highest BCUT2D eigenvalue weighted by atomic mass is 35.5. The van der Waals surface area contributed by atoms with Crippen molar-refractivity contribution in [2.45, 2.75) is 31.8 Å². The number of nitrogens with one attached hydrogen (secondary N) is 1. The lowest BCUT2D eigenvalue weighted by atomic mass is 9.99. The molecule has 0 aliphatic carbocycles. The van der Waals surface area contributed by atoms with E-state index in [2.05, 4.69) is 31.3 Å². The monoisotopic (exact) mass is 411 g/mol. The first kappa shape index (κ1) is 25.4. The van der Waals surface area contributed by atoms with Crippen LogP contribution in [-0.4, -0.2) is 31.4 Å². The lowest BCUT2D eigenvalue weighted by molar-refractivity contribution is -0.125. The van der Waals surface area contributed by atoms with Crippen LogP contribution in [0.2, 0.25) is 0 Å². The van der Waals surface area contributed by atoms with Crippen LogP contribution in [0.25, 0.3) is 0 Å². The highest BCUT2D eigenvalue weighted by molar-refractivity contribution is 5.85. The van der Waals surface area contributed by atoms with Crippen molar-refractivity contribution in [3.05, 3.63) is 71.3 Å². The fraction of sp³-hybridized carbons (Fsp3) is 0.381. The Bertz CT molecular complexity index is 676. The van der Waals surface area contributed by atoms with Crippen molar-refractivity contribution in [2.24, 2.45) is 5.73 Å². The van der Waals surface area contributed by atoms with Gasteiger partial charge in [-0.1, -0.05) is 68.4 Å². The zero-order valence-electron chi connectivity index (χ0n) is 16.4. The Labute approximate surface area is 175 Å². The van der Waals surface area contributed by atoms with Crippen molar-refractivity contribution in [2.75, 3.05) is 20.6 Å². The molecule has 3 N–H and O–H groups in total. The molecule has 2 aromatic carbocycles. The van der Waals surface area contributed by atoms with E-state index in [1.165, 1.54) is 5.56 Å². The van der Waals surface area contributed by atoms with Gasteiger partial charge < -0.3 is 11.1 Å². The maximum Gasteiger partial charge on any atom is 0.242 e. The minimum atomic E-state index is -0.322. The fourth-order valence-corrected chi connectivity index (χ4v) is 2.87. The summed E-state index contributed by atoms with van der Waals surface area (Å²) in [5.41, 5.74) is 9.55. The normalized spacial score (nSPS) is 12.7. The van der Waals surface area contributed by atoms with Gasteiger partial charge in [0.15, 0.2) is 0 Å². The molecule has 0 saturated carbocycles. The van der Waals surface area contributed by atoms with Crippen molar-refractivity contribution in [3.8, 4) is 0 Å². The maximum absolute atomic E-state index is 12.7. The molecule has 150 valence electrons. The van der Waals surface area contributed by atoms with Crippen molar-refractivity contribution in [1.29, 1.82) is 0 Å². The molecule has 1 amide bonds. The molecular weight excluding hydrogens is 381 g/mol. The van der Waals surface area contributed by atoms with Crippen molar-refractivity contribution in [3.63, 3.8) is 0 Å². The maximum atomic E-state index is 12.7. The van der Waals surface area contributed by atoms with E-state index >= 15 is 0 Å². The Morgan fingerprint density at radius 1 is 0.926 bits per heavy atom. The summed E-state index contributed by atoms with van der Waals surface area (Å²) < 4.78 is 0. The molecule has 0 saturated heterocycles. The molecule has 0 aromatic heterocycles. The van der Waals surface area contributed by atoms with Gasteiger partial charge in [-0.25, -0.2) is 0 Å². The molecule has 2 unspecified atom stereocenters. The van der Waals surface area contributed by atoms with Gasteiger partial charge in [0.05, 0.1) is 0 Å². The van der Waals surface area contributed by atoms with Crippen LogP contribution >= 0.6 is 24.8 Å². The molecule has 4 nitrogen and oxygen atoms in total. The number of benzene rings is 2. The van der Waals surface area contributed by atoms with Crippen molar-refractivity contribution in [1.82, 2.24) is 10.2 Å². The van der Waals surface area contributed by atoms with Crippen LogP contribution in [0.1, 0.15) is 48.5 Å². The first-order valence-corrected chi connectivity index (χ1v) is 8.74. The number of halogens is 2. The molecule has 2 atom stereocenters. The number of hydrogen-bond acceptors (Lipinski definition) is 3. The molecule has 0 spiro atoms. The van der Waals surface area contributed by atoms with E-state index in [1.807, 2.05) is 61.5 Å². The molecule has 6 heteroatoms. The molecule has 27 heavy (non-hydrogen) atoms. The third-order valence-corrected chi connectivity index (χ3v) is 4.41. The first-order chi connectivity index (χ1) is 11.9. The molecule has 0 aliphatic heterocycles. The fourth-order valence-electron chi connectivity index (χ4n) is 2.87. The van der Waals surface area contributed by atoms with Crippen LogP contribution in [0.5, 0.6) is 0 Å². The van der Waals surface area contributed by atoms with Crippen molar-refractivity contribution >= 4 is 30.7 Å². The van der Waals surface area contributed by atoms with E-state index < -0.39 is 0 Å². The Morgan fingerprint density at radius 2 is 1.44 bits per heavy atom. The predicted molar refractivity (Wildman–Crippen MR) is 118 cm³/mol. The highest BCUT2D eigenvalue weighted by Gasteiger charge is 2.23. The summed E-state index contributed by atoms with van der Waals surface area (Å²) in [6.07, 6.45) is 0. The minimum Gasteiger partial charge on any atom is -0.353 e. The molecule has 0 bridgehead atoms. The van der Waals surface area contributed by atoms with Crippen LogP contribution in [-0.2, 0) is 4.79 Å². The summed E-state index contributed by atoms with van der Waals surface area (Å²) in [7, 11) is 3.81. The van der Waals surface area contributed by atoms with Gasteiger partial charge in [0.25, 0.3) is 0 Å². The van der Waals surface area contributed by atoms with Gasteiger partial charge in [0, 0.05) is 12.6 Å². The molecule has 2 rings (SSSR count). The summed E-state index contributed by atoms with van der Waals surface area (Å²) in [5.74, 6) is 0.460. The number of hydrogen-bond donors (Lipinski definition) is 2. The smallest absolute Gasteiger partial charge is 0.242 e. The predicted octanol–water partition coefficient (Wildman–Crippen LogP) is 4.07. The molecule has 2 aromatic rings. The van der Waals surface area contributed by atoms with Gasteiger partial charge in [0.1, 0.15) is 6.04 Å². The number of carbonyl (C=O) groups excluding carboxylic acids is 1. The number of nitrogens with zero attached hydrogens (tertiary/aromatic N) is 1. The lowest BCUT2D eigenvalue weighted by Gasteiger charge is -2.24. The number of amides is 1. The number of likely N-dealkylation sites (N-methyl/N-ethyl adjacent to an activating group) is 1. The summed E-state index contributed by atoms with van der Waals surface area (Å²) in [6, 6.07) is 17.5. The Balaban J connectivity index is 0.00000338. The van der Waals surface area contributed by atoms with E-state index in [0.29, 0.717) is 12.5 Å². The highest BCUT2D eigenvalue weighted by Crippen LogP contribution is 2.19. The standard InChI is InChI=1S/C21H29N3O.2ClH/c1-15(2)16-10-12-17(13-11-16)19(22)14-23-21(25)20(24(3)4)18-8-6-5-7-9-18;;/h5-13,15,19-20H,14,22H2,1-4H3,(H,23,25);2*1H. The number of nitrogens with two attached hydrogens (primary N) is 1. The Morgan fingerprint density at radius 3 is 1.93 bits per heavy atom. The molecule has 0 radical (unpaired) electrons. The quantitative estimate of drug-likeness (QED) is 0.721. The summed E-state index contributed by atoms with van der Waals surface area (Å²) in [6.45, 7) is 4.75. The van der Waals surface area contributed by atoms with Gasteiger partial charge in [0.2, 0.25) is 5.91 Å². The van der Waals surface area contributed by atoms with Gasteiger partial charge in [-0.15, -0.1) is 24.8 Å². The van der Waals surface area contributed by atoms with Crippen LogP contribution in [0.3, 0.4) is 0 Å². The zero-order chi connectivity index (χ0) is 18.4. The average molecular weight is 412 g/mol. The summed E-state index contributed by atoms with van der Waals surface area (Å²) in [5, 5.41) is 2.99. The third kappa shape index (κ3) is 7.15. The van der Waals surface area contributed by atoms with E-state index in [9.17, 15) is 4.79 Å². The van der Waals surface area contributed by atoms with Gasteiger partial charge in [-0.3, -0.25) is 9.69 Å². The van der Waals surface area contributed by atoms with E-state index in [1.54, 1.807) is 0 Å². The largest absolute Gasteiger partial charge is 0.353 e. The third-order valence-electron chi connectivity index (χ3n) is 4.41.